The van der Waals surface area contributed by atoms with Crippen molar-refractivity contribution in [1.82, 2.24) is 15.6 Å². The Balaban J connectivity index is 1.52. The van der Waals surface area contributed by atoms with Gasteiger partial charge >= 0.3 is 0 Å². The van der Waals surface area contributed by atoms with Crippen LogP contribution in [0.15, 0.2) is 48.8 Å². The summed E-state index contributed by atoms with van der Waals surface area (Å²) in [7, 11) is 1.61. The Bertz CT molecular complexity index is 740. The van der Waals surface area contributed by atoms with Gasteiger partial charge in [-0.2, -0.15) is 0 Å². The molecule has 1 fully saturated rings. The molecule has 1 aromatic carbocycles. The van der Waals surface area contributed by atoms with E-state index < -0.39 is 5.41 Å². The maximum atomic E-state index is 12.5. The van der Waals surface area contributed by atoms with Crippen LogP contribution in [0, 0.1) is 5.41 Å². The summed E-state index contributed by atoms with van der Waals surface area (Å²) < 4.78 is 5.11. The number of hydrogen-bond donors (Lipinski definition) is 2. The number of nitrogens with one attached hydrogen (secondary N) is 2. The lowest BCUT2D eigenvalue weighted by atomic mass is 10.0. The normalized spacial score (nSPS) is 14.4. The zero-order chi connectivity index (χ0) is 17.7. The van der Waals surface area contributed by atoms with Gasteiger partial charge in [-0.3, -0.25) is 14.6 Å². The second kappa shape index (κ2) is 7.34. The average Bonchev–Trinajstić information content (AvgIpc) is 3.47. The SMILES string of the molecule is COc1ccc(CNC(=O)C2(C(=O)NCc3cccnc3)CC2)cc1. The largest absolute Gasteiger partial charge is 0.497 e. The summed E-state index contributed by atoms with van der Waals surface area (Å²) in [6, 6.07) is 11.2. The topological polar surface area (TPSA) is 80.3 Å². The molecule has 1 aliphatic carbocycles. The van der Waals surface area contributed by atoms with Crippen LogP contribution in [-0.4, -0.2) is 23.9 Å². The third-order valence-corrected chi connectivity index (χ3v) is 4.41. The van der Waals surface area contributed by atoms with Gasteiger partial charge in [-0.25, -0.2) is 0 Å². The second-order valence-corrected chi connectivity index (χ2v) is 6.16. The van der Waals surface area contributed by atoms with E-state index in [-0.39, 0.29) is 11.8 Å². The molecule has 0 saturated heterocycles. The standard InChI is InChI=1S/C19H21N3O3/c1-25-16-6-4-14(5-7-16)12-21-17(23)19(8-9-19)18(24)22-13-15-3-2-10-20-11-15/h2-7,10-11H,8-9,12-13H2,1H3,(H,21,23)(H,22,24). The Kier molecular flexibility index (Phi) is 4.97. The van der Waals surface area contributed by atoms with Crippen molar-refractivity contribution in [3.63, 3.8) is 0 Å². The fraction of sp³-hybridized carbons (Fsp3) is 0.316. The summed E-state index contributed by atoms with van der Waals surface area (Å²) in [4.78, 5) is 28.9. The smallest absolute Gasteiger partial charge is 0.235 e. The van der Waals surface area contributed by atoms with Gasteiger partial charge in [-0.1, -0.05) is 18.2 Å². The van der Waals surface area contributed by atoms with Crippen molar-refractivity contribution < 1.29 is 14.3 Å². The van der Waals surface area contributed by atoms with Crippen LogP contribution in [-0.2, 0) is 22.7 Å². The third-order valence-electron chi connectivity index (χ3n) is 4.41. The van der Waals surface area contributed by atoms with Crippen molar-refractivity contribution in [2.75, 3.05) is 7.11 Å². The molecule has 1 aliphatic rings. The molecule has 0 aliphatic heterocycles. The zero-order valence-electron chi connectivity index (χ0n) is 14.1. The molecular weight excluding hydrogens is 318 g/mol. The zero-order valence-corrected chi connectivity index (χ0v) is 14.1. The predicted octanol–water partition coefficient (Wildman–Crippen LogP) is 1.80. The summed E-state index contributed by atoms with van der Waals surface area (Å²) in [5.41, 5.74) is 0.945. The van der Waals surface area contributed by atoms with Crippen molar-refractivity contribution in [1.29, 1.82) is 0 Å². The molecule has 130 valence electrons. The fourth-order valence-corrected chi connectivity index (χ4v) is 2.63. The van der Waals surface area contributed by atoms with Gasteiger partial charge in [0, 0.05) is 25.5 Å². The minimum Gasteiger partial charge on any atom is -0.497 e. The molecule has 25 heavy (non-hydrogen) atoms. The molecule has 2 N–H and O–H groups in total. The van der Waals surface area contributed by atoms with Crippen LogP contribution in [0.2, 0.25) is 0 Å². The summed E-state index contributed by atoms with van der Waals surface area (Å²) in [5.74, 6) is 0.333. The number of carbonyl (C=O) groups excluding carboxylic acids is 2. The number of methoxy groups -OCH3 is 1. The first-order valence-electron chi connectivity index (χ1n) is 8.22. The number of aromatic nitrogens is 1. The van der Waals surface area contributed by atoms with Gasteiger partial charge in [-0.15, -0.1) is 0 Å². The molecule has 0 bridgehead atoms. The Labute approximate surface area is 146 Å². The highest BCUT2D eigenvalue weighted by Gasteiger charge is 2.56. The third kappa shape index (κ3) is 3.96. The first-order chi connectivity index (χ1) is 12.1. The van der Waals surface area contributed by atoms with Crippen LogP contribution in [0.3, 0.4) is 0 Å². The Morgan fingerprint density at radius 2 is 1.68 bits per heavy atom. The van der Waals surface area contributed by atoms with Crippen LogP contribution < -0.4 is 15.4 Å². The molecule has 1 heterocycles. The lowest BCUT2D eigenvalue weighted by Gasteiger charge is -2.15. The van der Waals surface area contributed by atoms with Gasteiger partial charge < -0.3 is 15.4 Å². The maximum absolute atomic E-state index is 12.5. The van der Waals surface area contributed by atoms with Crippen LogP contribution in [0.1, 0.15) is 24.0 Å². The highest BCUT2D eigenvalue weighted by atomic mass is 16.5. The van der Waals surface area contributed by atoms with E-state index in [1.54, 1.807) is 19.5 Å². The molecule has 1 aromatic heterocycles. The average molecular weight is 339 g/mol. The van der Waals surface area contributed by atoms with E-state index in [0.29, 0.717) is 25.9 Å². The lowest BCUT2D eigenvalue weighted by molar-refractivity contribution is -0.137. The van der Waals surface area contributed by atoms with Crippen LogP contribution in [0.4, 0.5) is 0 Å². The molecule has 2 amide bonds. The second-order valence-electron chi connectivity index (χ2n) is 6.16. The minimum absolute atomic E-state index is 0.216. The number of rotatable bonds is 7. The van der Waals surface area contributed by atoms with E-state index in [9.17, 15) is 9.59 Å². The van der Waals surface area contributed by atoms with E-state index in [2.05, 4.69) is 15.6 Å². The van der Waals surface area contributed by atoms with E-state index in [4.69, 9.17) is 4.74 Å². The molecule has 6 heteroatoms. The van der Waals surface area contributed by atoms with E-state index in [1.165, 1.54) is 0 Å². The minimum atomic E-state index is -0.922. The maximum Gasteiger partial charge on any atom is 0.235 e. The van der Waals surface area contributed by atoms with Gasteiger partial charge in [0.15, 0.2) is 0 Å². The number of benzene rings is 1. The first kappa shape index (κ1) is 17.0. The van der Waals surface area contributed by atoms with Crippen molar-refractivity contribution >= 4 is 11.8 Å². The molecule has 2 aromatic rings. The Hall–Kier alpha value is -2.89. The summed E-state index contributed by atoms with van der Waals surface area (Å²) in [5, 5.41) is 5.70. The molecule has 0 radical (unpaired) electrons. The van der Waals surface area contributed by atoms with Gasteiger partial charge in [0.05, 0.1) is 7.11 Å². The van der Waals surface area contributed by atoms with Gasteiger partial charge in [0.1, 0.15) is 11.2 Å². The number of ether oxygens (including phenoxy) is 1. The van der Waals surface area contributed by atoms with Crippen molar-refractivity contribution in [3.05, 3.63) is 59.9 Å². The van der Waals surface area contributed by atoms with Gasteiger partial charge in [0.2, 0.25) is 11.8 Å². The first-order valence-corrected chi connectivity index (χ1v) is 8.22. The number of nitrogens with zero attached hydrogens (tertiary/aromatic N) is 1. The van der Waals surface area contributed by atoms with E-state index >= 15 is 0 Å². The van der Waals surface area contributed by atoms with Crippen molar-refractivity contribution in [2.24, 2.45) is 5.41 Å². The molecule has 0 atom stereocenters. The summed E-state index contributed by atoms with van der Waals surface area (Å²) in [6.45, 7) is 0.765. The molecule has 0 spiro atoms. The van der Waals surface area contributed by atoms with E-state index in [1.807, 2.05) is 36.4 Å². The molecular formula is C19H21N3O3. The monoisotopic (exact) mass is 339 g/mol. The molecule has 0 unspecified atom stereocenters. The van der Waals surface area contributed by atoms with Gasteiger partial charge in [-0.05, 0) is 42.2 Å². The quantitative estimate of drug-likeness (QED) is 0.754. The molecule has 6 nitrogen and oxygen atoms in total. The number of carbonyl (C=O) groups is 2. The number of pyridine rings is 1. The van der Waals surface area contributed by atoms with Crippen LogP contribution >= 0.6 is 0 Å². The molecule has 3 rings (SSSR count). The number of hydrogen-bond acceptors (Lipinski definition) is 4. The lowest BCUT2D eigenvalue weighted by Crippen LogP contribution is -2.42. The number of amides is 2. The highest BCUT2D eigenvalue weighted by molar-refractivity contribution is 6.07. The molecule has 1 saturated carbocycles. The van der Waals surface area contributed by atoms with Crippen molar-refractivity contribution in [2.45, 2.75) is 25.9 Å². The Morgan fingerprint density at radius 3 is 2.20 bits per heavy atom. The van der Waals surface area contributed by atoms with Crippen LogP contribution in [0.25, 0.3) is 0 Å². The van der Waals surface area contributed by atoms with Gasteiger partial charge in [0.25, 0.3) is 0 Å². The highest BCUT2D eigenvalue weighted by Crippen LogP contribution is 2.46. The fourth-order valence-electron chi connectivity index (χ4n) is 2.63. The predicted molar refractivity (Wildman–Crippen MR) is 92.6 cm³/mol. The van der Waals surface area contributed by atoms with E-state index in [0.717, 1.165) is 16.9 Å². The van der Waals surface area contributed by atoms with Crippen LogP contribution in [0.5, 0.6) is 5.75 Å². The Morgan fingerprint density at radius 1 is 1.04 bits per heavy atom. The summed E-state index contributed by atoms with van der Waals surface area (Å²) >= 11 is 0. The van der Waals surface area contributed by atoms with Crippen molar-refractivity contribution in [3.8, 4) is 5.75 Å². The summed E-state index contributed by atoms with van der Waals surface area (Å²) in [6.07, 6.45) is 4.55.